The topological polar surface area (TPSA) is 63.6 Å². The molecule has 0 aromatic heterocycles. The van der Waals surface area contributed by atoms with Gasteiger partial charge in [0.1, 0.15) is 5.75 Å². The molecular formula is C21H24O4. The zero-order valence-corrected chi connectivity index (χ0v) is 14.9. The molecule has 0 heterocycles. The van der Waals surface area contributed by atoms with E-state index in [1.807, 2.05) is 51.1 Å². The minimum absolute atomic E-state index is 0.0181. The predicted molar refractivity (Wildman–Crippen MR) is 97.3 cm³/mol. The predicted octanol–water partition coefficient (Wildman–Crippen LogP) is 4.61. The number of ketones is 1. The van der Waals surface area contributed by atoms with Crippen LogP contribution in [0.1, 0.15) is 54.1 Å². The molecule has 0 aliphatic carbocycles. The Morgan fingerprint density at radius 2 is 1.80 bits per heavy atom. The molecule has 132 valence electrons. The van der Waals surface area contributed by atoms with E-state index in [4.69, 9.17) is 9.84 Å². The largest absolute Gasteiger partial charge is 0.491 e. The van der Waals surface area contributed by atoms with Crippen molar-refractivity contribution in [3.8, 4) is 5.75 Å². The molecule has 25 heavy (non-hydrogen) atoms. The fraction of sp³-hybridized carbons (Fsp3) is 0.333. The molecule has 1 N–H and O–H groups in total. The van der Waals surface area contributed by atoms with Crippen LogP contribution in [0.15, 0.2) is 48.5 Å². The van der Waals surface area contributed by atoms with Crippen LogP contribution in [0.25, 0.3) is 0 Å². The summed E-state index contributed by atoms with van der Waals surface area (Å²) in [6, 6.07) is 14.7. The molecule has 0 aliphatic rings. The zero-order chi connectivity index (χ0) is 18.4. The third kappa shape index (κ3) is 5.18. The van der Waals surface area contributed by atoms with Gasteiger partial charge in [-0.1, -0.05) is 36.4 Å². The van der Waals surface area contributed by atoms with E-state index in [1.165, 1.54) is 0 Å². The van der Waals surface area contributed by atoms with Gasteiger partial charge in [-0.2, -0.15) is 0 Å². The third-order valence-corrected chi connectivity index (χ3v) is 4.02. The first kappa shape index (κ1) is 18.7. The van der Waals surface area contributed by atoms with Crippen molar-refractivity contribution in [3.63, 3.8) is 0 Å². The van der Waals surface area contributed by atoms with Gasteiger partial charge < -0.3 is 9.84 Å². The summed E-state index contributed by atoms with van der Waals surface area (Å²) in [6.45, 7) is 5.80. The third-order valence-electron chi connectivity index (χ3n) is 4.02. The van der Waals surface area contributed by atoms with Crippen molar-refractivity contribution in [3.05, 3.63) is 65.2 Å². The molecule has 0 spiro atoms. The van der Waals surface area contributed by atoms with Gasteiger partial charge in [-0.05, 0) is 50.5 Å². The zero-order valence-electron chi connectivity index (χ0n) is 14.9. The number of carbonyl (C=O) groups is 2. The Bertz CT molecular complexity index is 749. The lowest BCUT2D eigenvalue weighted by molar-refractivity contribution is -0.137. The first-order valence-corrected chi connectivity index (χ1v) is 8.46. The minimum Gasteiger partial charge on any atom is -0.491 e. The Kier molecular flexibility index (Phi) is 6.34. The Labute approximate surface area is 148 Å². The highest BCUT2D eigenvalue weighted by Crippen LogP contribution is 2.29. The Morgan fingerprint density at radius 3 is 2.44 bits per heavy atom. The van der Waals surface area contributed by atoms with E-state index in [9.17, 15) is 9.59 Å². The van der Waals surface area contributed by atoms with Crippen LogP contribution in [0.3, 0.4) is 0 Å². The maximum Gasteiger partial charge on any atom is 0.303 e. The number of carboxylic acids is 1. The summed E-state index contributed by atoms with van der Waals surface area (Å²) < 4.78 is 5.67. The van der Waals surface area contributed by atoms with Gasteiger partial charge >= 0.3 is 5.97 Å². The van der Waals surface area contributed by atoms with E-state index in [0.29, 0.717) is 11.3 Å². The van der Waals surface area contributed by atoms with Crippen LogP contribution in [0.2, 0.25) is 0 Å². The standard InChI is InChI=1S/C21H24O4/c1-14(2)25-17-9-6-8-16(13-17)21(24)19(11-12-20(22)23)18-10-5-4-7-15(18)3/h4-10,13-14,19H,11-12H2,1-3H3,(H,22,23)/t19-/m0/s1. The van der Waals surface area contributed by atoms with E-state index in [-0.39, 0.29) is 24.7 Å². The maximum absolute atomic E-state index is 13.1. The molecule has 0 saturated carbocycles. The highest BCUT2D eigenvalue weighted by molar-refractivity contribution is 6.01. The number of benzene rings is 2. The SMILES string of the molecule is Cc1ccccc1[C@H](CCC(=O)O)C(=O)c1cccc(OC(C)C)c1. The van der Waals surface area contributed by atoms with E-state index < -0.39 is 11.9 Å². The molecular weight excluding hydrogens is 316 g/mol. The average Bonchev–Trinajstić information content (AvgIpc) is 2.55. The summed E-state index contributed by atoms with van der Waals surface area (Å²) in [5.74, 6) is -0.817. The molecule has 4 heteroatoms. The lowest BCUT2D eigenvalue weighted by atomic mass is 9.85. The second-order valence-electron chi connectivity index (χ2n) is 6.40. The highest BCUT2D eigenvalue weighted by Gasteiger charge is 2.24. The molecule has 2 aromatic rings. The fourth-order valence-corrected chi connectivity index (χ4v) is 2.87. The van der Waals surface area contributed by atoms with Crippen LogP contribution in [0.4, 0.5) is 0 Å². The van der Waals surface area contributed by atoms with Crippen molar-refractivity contribution in [1.29, 1.82) is 0 Å². The molecule has 1 atom stereocenters. The first-order valence-electron chi connectivity index (χ1n) is 8.46. The molecule has 0 unspecified atom stereocenters. The van der Waals surface area contributed by atoms with E-state index in [1.54, 1.807) is 18.2 Å². The van der Waals surface area contributed by atoms with E-state index >= 15 is 0 Å². The van der Waals surface area contributed by atoms with Gasteiger partial charge in [0, 0.05) is 17.9 Å². The second-order valence-corrected chi connectivity index (χ2v) is 6.40. The van der Waals surface area contributed by atoms with Crippen molar-refractivity contribution in [2.24, 2.45) is 0 Å². The molecule has 0 amide bonds. The van der Waals surface area contributed by atoms with Crippen molar-refractivity contribution < 1.29 is 19.4 Å². The smallest absolute Gasteiger partial charge is 0.303 e. The second kappa shape index (κ2) is 8.47. The van der Waals surface area contributed by atoms with Gasteiger partial charge in [-0.15, -0.1) is 0 Å². The van der Waals surface area contributed by atoms with Crippen molar-refractivity contribution in [1.82, 2.24) is 0 Å². The molecule has 2 rings (SSSR count). The quantitative estimate of drug-likeness (QED) is 0.713. The summed E-state index contributed by atoms with van der Waals surface area (Å²) >= 11 is 0. The van der Waals surface area contributed by atoms with Gasteiger partial charge in [0.2, 0.25) is 0 Å². The average molecular weight is 340 g/mol. The monoisotopic (exact) mass is 340 g/mol. The minimum atomic E-state index is -0.900. The molecule has 0 aliphatic heterocycles. The number of rotatable bonds is 8. The summed E-state index contributed by atoms with van der Waals surface area (Å²) in [5.41, 5.74) is 2.40. The number of carboxylic acid groups (broad SMARTS) is 1. The number of Topliss-reactive ketones (excluding diaryl/α,β-unsaturated/α-hetero) is 1. The lowest BCUT2D eigenvalue weighted by Crippen LogP contribution is -2.16. The van der Waals surface area contributed by atoms with E-state index in [0.717, 1.165) is 11.1 Å². The molecule has 0 bridgehead atoms. The molecule has 0 radical (unpaired) electrons. The van der Waals surface area contributed by atoms with Gasteiger partial charge in [0.15, 0.2) is 5.78 Å². The van der Waals surface area contributed by atoms with Gasteiger partial charge in [-0.25, -0.2) is 0 Å². The lowest BCUT2D eigenvalue weighted by Gasteiger charge is -2.18. The van der Waals surface area contributed by atoms with Gasteiger partial charge in [0.05, 0.1) is 6.10 Å². The number of carbonyl (C=O) groups excluding carboxylic acids is 1. The molecule has 0 fully saturated rings. The van der Waals surface area contributed by atoms with Crippen LogP contribution in [-0.4, -0.2) is 23.0 Å². The van der Waals surface area contributed by atoms with Crippen molar-refractivity contribution in [2.75, 3.05) is 0 Å². The van der Waals surface area contributed by atoms with E-state index in [2.05, 4.69) is 0 Å². The Hall–Kier alpha value is -2.62. The Morgan fingerprint density at radius 1 is 1.08 bits per heavy atom. The fourth-order valence-electron chi connectivity index (χ4n) is 2.87. The summed E-state index contributed by atoms with van der Waals surface area (Å²) in [6.07, 6.45) is 0.242. The maximum atomic E-state index is 13.1. The number of hydrogen-bond donors (Lipinski definition) is 1. The number of hydrogen-bond acceptors (Lipinski definition) is 3. The van der Waals surface area contributed by atoms with Crippen LogP contribution in [0, 0.1) is 6.92 Å². The van der Waals surface area contributed by atoms with Gasteiger partial charge in [0.25, 0.3) is 0 Å². The number of aliphatic carboxylic acids is 1. The summed E-state index contributed by atoms with van der Waals surface area (Å²) in [7, 11) is 0. The molecule has 0 saturated heterocycles. The van der Waals surface area contributed by atoms with Crippen molar-refractivity contribution in [2.45, 2.75) is 45.6 Å². The van der Waals surface area contributed by atoms with Crippen LogP contribution in [0.5, 0.6) is 5.75 Å². The Balaban J connectivity index is 2.35. The summed E-state index contributed by atoms with van der Waals surface area (Å²) in [4.78, 5) is 24.1. The molecule has 4 nitrogen and oxygen atoms in total. The molecule has 2 aromatic carbocycles. The van der Waals surface area contributed by atoms with Crippen LogP contribution in [-0.2, 0) is 4.79 Å². The van der Waals surface area contributed by atoms with Gasteiger partial charge in [-0.3, -0.25) is 9.59 Å². The van der Waals surface area contributed by atoms with Crippen LogP contribution < -0.4 is 4.74 Å². The normalized spacial score (nSPS) is 12.0. The first-order chi connectivity index (χ1) is 11.9. The van der Waals surface area contributed by atoms with Crippen molar-refractivity contribution >= 4 is 11.8 Å². The number of aryl methyl sites for hydroxylation is 1. The highest BCUT2D eigenvalue weighted by atomic mass is 16.5. The summed E-state index contributed by atoms with van der Waals surface area (Å²) in [5, 5.41) is 9.04. The number of ether oxygens (including phenoxy) is 1. The van der Waals surface area contributed by atoms with Crippen LogP contribution >= 0.6 is 0 Å².